The first-order chi connectivity index (χ1) is 16.6. The lowest BCUT2D eigenvalue weighted by Crippen LogP contribution is -2.42. The van der Waals surface area contributed by atoms with Crippen LogP contribution < -0.4 is 14.8 Å². The molecule has 1 amide bonds. The van der Waals surface area contributed by atoms with Gasteiger partial charge in [-0.3, -0.25) is 4.79 Å². The van der Waals surface area contributed by atoms with Crippen LogP contribution in [0.4, 0.5) is 22.0 Å². The van der Waals surface area contributed by atoms with Crippen molar-refractivity contribution in [2.45, 2.75) is 64.0 Å². The van der Waals surface area contributed by atoms with Crippen LogP contribution in [0.25, 0.3) is 0 Å². The van der Waals surface area contributed by atoms with Gasteiger partial charge in [-0.15, -0.1) is 0 Å². The maximum Gasteiger partial charge on any atom is 0.391 e. The number of carbonyl (C=O) groups is 1. The topological polar surface area (TPSA) is 97.1 Å². The van der Waals surface area contributed by atoms with Crippen LogP contribution in [0.2, 0.25) is 0 Å². The highest BCUT2D eigenvalue weighted by atomic mass is 19.4. The number of halogens is 5. The Labute approximate surface area is 198 Å². The minimum Gasteiger partial charge on any atom is -0.464 e. The standard InChI is InChI=1S/C23H23F5N4O3/c1-13(23(26,27)28)11-19-30-12-15-6-9-18(35-21(15)32-19)20(33)31-17(3-2-10-29)14-4-7-16(8-5-14)34-22(24)25/h4-5,7-8,12-13,17-18,22H,2-3,6,9,11H2,1H3,(H,31,33)/t13-,17?,18-/m1/s1. The summed E-state index contributed by atoms with van der Waals surface area (Å²) in [6, 6.07) is 7.10. The molecule has 12 heteroatoms. The van der Waals surface area contributed by atoms with Crippen molar-refractivity contribution in [3.63, 3.8) is 0 Å². The Bertz CT molecular complexity index is 1060. The fourth-order valence-electron chi connectivity index (χ4n) is 3.53. The Hall–Kier alpha value is -3.49. The van der Waals surface area contributed by atoms with Crippen LogP contribution in [0.5, 0.6) is 11.6 Å². The molecule has 2 heterocycles. The van der Waals surface area contributed by atoms with E-state index >= 15 is 0 Å². The lowest BCUT2D eigenvalue weighted by atomic mass is 10.0. The van der Waals surface area contributed by atoms with E-state index in [9.17, 15) is 26.7 Å². The van der Waals surface area contributed by atoms with Gasteiger partial charge in [-0.05, 0) is 37.0 Å². The zero-order chi connectivity index (χ0) is 25.6. The van der Waals surface area contributed by atoms with E-state index < -0.39 is 43.2 Å². The number of aromatic nitrogens is 2. The van der Waals surface area contributed by atoms with E-state index in [0.717, 1.165) is 6.92 Å². The molecule has 0 saturated heterocycles. The monoisotopic (exact) mass is 498 g/mol. The molecule has 1 N–H and O–H groups in total. The number of amides is 1. The van der Waals surface area contributed by atoms with Crippen LogP contribution in [-0.4, -0.2) is 34.8 Å². The summed E-state index contributed by atoms with van der Waals surface area (Å²) in [6.07, 6.45) is -3.25. The van der Waals surface area contributed by atoms with E-state index in [1.807, 2.05) is 6.07 Å². The van der Waals surface area contributed by atoms with Gasteiger partial charge in [0.25, 0.3) is 5.91 Å². The lowest BCUT2D eigenvalue weighted by Gasteiger charge is -2.27. The highest BCUT2D eigenvalue weighted by Crippen LogP contribution is 2.30. The SMILES string of the molecule is C[C@H](Cc1ncc2c(n1)O[C@@H](C(=O)NC(CCC#N)c1ccc(OC(F)F)cc1)CC2)C(F)(F)F. The minimum atomic E-state index is -4.38. The van der Waals surface area contributed by atoms with E-state index in [0.29, 0.717) is 24.0 Å². The molecule has 2 aromatic rings. The summed E-state index contributed by atoms with van der Waals surface area (Å²) >= 11 is 0. The fraction of sp³-hybridized carbons (Fsp3) is 0.478. The van der Waals surface area contributed by atoms with Crippen molar-refractivity contribution in [1.82, 2.24) is 15.3 Å². The Morgan fingerprint density at radius 2 is 2.03 bits per heavy atom. The summed E-state index contributed by atoms with van der Waals surface area (Å²) in [6.45, 7) is -1.93. The third-order valence-corrected chi connectivity index (χ3v) is 5.51. The van der Waals surface area contributed by atoms with E-state index in [-0.39, 0.29) is 30.3 Å². The minimum absolute atomic E-state index is 0.0346. The molecular formula is C23H23F5N4O3. The molecule has 1 unspecified atom stereocenters. The summed E-state index contributed by atoms with van der Waals surface area (Å²) in [5, 5.41) is 11.8. The number of fused-ring (bicyclic) bond motifs is 1. The Morgan fingerprint density at radius 1 is 1.31 bits per heavy atom. The van der Waals surface area contributed by atoms with Crippen molar-refractivity contribution >= 4 is 5.91 Å². The maximum atomic E-state index is 12.9. The zero-order valence-corrected chi connectivity index (χ0v) is 18.7. The molecule has 3 rings (SSSR count). The van der Waals surface area contributed by atoms with E-state index in [4.69, 9.17) is 10.00 Å². The van der Waals surface area contributed by atoms with Gasteiger partial charge in [0.05, 0.1) is 18.0 Å². The van der Waals surface area contributed by atoms with Crippen LogP contribution in [0.15, 0.2) is 30.5 Å². The van der Waals surface area contributed by atoms with Crippen molar-refractivity contribution in [2.24, 2.45) is 5.92 Å². The molecule has 1 aliphatic rings. The predicted molar refractivity (Wildman–Crippen MR) is 112 cm³/mol. The number of alkyl halides is 5. The van der Waals surface area contributed by atoms with E-state index in [2.05, 4.69) is 20.0 Å². The van der Waals surface area contributed by atoms with Crippen LogP contribution in [-0.2, 0) is 17.6 Å². The number of nitrogens with zero attached hydrogens (tertiary/aromatic N) is 3. The van der Waals surface area contributed by atoms with Crippen LogP contribution in [0.1, 0.15) is 49.2 Å². The van der Waals surface area contributed by atoms with Crippen LogP contribution in [0, 0.1) is 17.2 Å². The van der Waals surface area contributed by atoms with Gasteiger partial charge in [-0.25, -0.2) is 4.98 Å². The average Bonchev–Trinajstić information content (AvgIpc) is 2.80. The fourth-order valence-corrected chi connectivity index (χ4v) is 3.53. The average molecular weight is 498 g/mol. The molecule has 35 heavy (non-hydrogen) atoms. The summed E-state index contributed by atoms with van der Waals surface area (Å²) in [5.41, 5.74) is 1.17. The molecule has 188 valence electrons. The normalized spacial score (nSPS) is 17.0. The Balaban J connectivity index is 1.69. The smallest absolute Gasteiger partial charge is 0.391 e. The number of hydrogen-bond acceptors (Lipinski definition) is 6. The van der Waals surface area contributed by atoms with Gasteiger partial charge < -0.3 is 14.8 Å². The number of nitrogens with one attached hydrogen (secondary N) is 1. The summed E-state index contributed by atoms with van der Waals surface area (Å²) in [7, 11) is 0. The lowest BCUT2D eigenvalue weighted by molar-refractivity contribution is -0.169. The molecule has 1 aromatic heterocycles. The number of nitriles is 1. The molecule has 1 aliphatic heterocycles. The predicted octanol–water partition coefficient (Wildman–Crippen LogP) is 4.67. The molecule has 0 spiro atoms. The van der Waals surface area contributed by atoms with Crippen LogP contribution >= 0.6 is 0 Å². The van der Waals surface area contributed by atoms with Crippen molar-refractivity contribution < 1.29 is 36.2 Å². The first kappa shape index (κ1) is 26.1. The van der Waals surface area contributed by atoms with Crippen molar-refractivity contribution in [3.8, 4) is 17.7 Å². The molecule has 0 bridgehead atoms. The first-order valence-corrected chi connectivity index (χ1v) is 10.9. The second kappa shape index (κ2) is 11.3. The third-order valence-electron chi connectivity index (χ3n) is 5.51. The molecule has 0 saturated carbocycles. The highest BCUT2D eigenvalue weighted by Gasteiger charge is 2.37. The second-order valence-electron chi connectivity index (χ2n) is 8.11. The molecule has 0 fully saturated rings. The number of hydrogen-bond donors (Lipinski definition) is 1. The van der Waals surface area contributed by atoms with Gasteiger partial charge in [-0.2, -0.15) is 32.2 Å². The largest absolute Gasteiger partial charge is 0.464 e. The number of aryl methyl sites for hydroxylation is 1. The van der Waals surface area contributed by atoms with Gasteiger partial charge in [0, 0.05) is 24.6 Å². The van der Waals surface area contributed by atoms with Gasteiger partial charge in [0.15, 0.2) is 6.10 Å². The number of rotatable bonds is 9. The molecular weight excluding hydrogens is 475 g/mol. The highest BCUT2D eigenvalue weighted by molar-refractivity contribution is 5.81. The quantitative estimate of drug-likeness (QED) is 0.505. The van der Waals surface area contributed by atoms with Crippen LogP contribution in [0.3, 0.4) is 0 Å². The van der Waals surface area contributed by atoms with Crippen molar-refractivity contribution in [1.29, 1.82) is 5.26 Å². The second-order valence-corrected chi connectivity index (χ2v) is 8.11. The maximum absolute atomic E-state index is 12.9. The van der Waals surface area contributed by atoms with Gasteiger partial charge >= 0.3 is 12.8 Å². The van der Waals surface area contributed by atoms with Gasteiger partial charge in [0.2, 0.25) is 5.88 Å². The van der Waals surface area contributed by atoms with E-state index in [1.165, 1.54) is 30.5 Å². The van der Waals surface area contributed by atoms with Gasteiger partial charge in [-0.1, -0.05) is 19.1 Å². The zero-order valence-electron chi connectivity index (χ0n) is 18.7. The summed E-state index contributed by atoms with van der Waals surface area (Å²) in [4.78, 5) is 21.0. The molecule has 3 atom stereocenters. The number of benzene rings is 1. The third kappa shape index (κ3) is 7.24. The van der Waals surface area contributed by atoms with E-state index in [1.54, 1.807) is 0 Å². The number of ether oxygens (including phenoxy) is 2. The van der Waals surface area contributed by atoms with Crippen molar-refractivity contribution in [3.05, 3.63) is 47.4 Å². The molecule has 0 radical (unpaired) electrons. The van der Waals surface area contributed by atoms with Crippen molar-refractivity contribution in [2.75, 3.05) is 0 Å². The van der Waals surface area contributed by atoms with Gasteiger partial charge in [0.1, 0.15) is 11.6 Å². The summed E-state index contributed by atoms with van der Waals surface area (Å²) < 4.78 is 73.4. The molecule has 7 nitrogen and oxygen atoms in total. The first-order valence-electron chi connectivity index (χ1n) is 10.9. The molecule has 1 aromatic carbocycles. The summed E-state index contributed by atoms with van der Waals surface area (Å²) in [5.74, 6) is -2.14. The number of carbonyl (C=O) groups excluding carboxylic acids is 1. The molecule has 0 aliphatic carbocycles. The Morgan fingerprint density at radius 3 is 2.66 bits per heavy atom. The Kier molecular flexibility index (Phi) is 8.43.